The van der Waals surface area contributed by atoms with E-state index in [0.29, 0.717) is 13.0 Å². The van der Waals surface area contributed by atoms with Gasteiger partial charge in [0.15, 0.2) is 0 Å². The second kappa shape index (κ2) is 11.7. The first-order chi connectivity index (χ1) is 19.7. The second-order valence-corrected chi connectivity index (χ2v) is 10.8. The van der Waals surface area contributed by atoms with Crippen molar-refractivity contribution >= 4 is 28.1 Å². The van der Waals surface area contributed by atoms with Gasteiger partial charge in [0, 0.05) is 36.0 Å². The van der Waals surface area contributed by atoms with Crippen LogP contribution in [0.2, 0.25) is 0 Å². The predicted octanol–water partition coefficient (Wildman–Crippen LogP) is 8.32. The lowest BCUT2D eigenvalue weighted by molar-refractivity contribution is -0.121. The molecule has 1 N–H and O–H groups in total. The molecular weight excluding hydrogens is 515 g/mol. The minimum atomic E-state index is -0.241. The fourth-order valence-electron chi connectivity index (χ4n) is 5.41. The Kier molecular flexibility index (Phi) is 7.56. The lowest BCUT2D eigenvalue weighted by Gasteiger charge is -2.22. The van der Waals surface area contributed by atoms with Crippen molar-refractivity contribution in [2.24, 2.45) is 0 Å². The third-order valence-electron chi connectivity index (χ3n) is 7.37. The maximum absolute atomic E-state index is 13.8. The standard InChI is InChI=1S/C35H29FN2OS/c36-29-17-15-25(16-18-29)22-38-23-32(30-13-7-8-14-33(30)38)31(28-19-20-40-24-28)21-34(39)37-35(26-9-3-1-4-10-26)27-11-5-2-6-12-27/h1-20,23-24,31,35H,21-22H2,(H,37,39). The molecule has 0 aliphatic heterocycles. The molecule has 6 rings (SSSR count). The minimum Gasteiger partial charge on any atom is -0.345 e. The normalized spacial score (nSPS) is 12.1. The van der Waals surface area contributed by atoms with Gasteiger partial charge in [0.25, 0.3) is 0 Å². The number of carbonyl (C=O) groups is 1. The van der Waals surface area contributed by atoms with E-state index in [1.807, 2.05) is 60.7 Å². The first-order valence-corrected chi connectivity index (χ1v) is 14.3. The summed E-state index contributed by atoms with van der Waals surface area (Å²) in [6, 6.07) is 37.0. The highest BCUT2D eigenvalue weighted by atomic mass is 32.1. The topological polar surface area (TPSA) is 34.0 Å². The lowest BCUT2D eigenvalue weighted by atomic mass is 9.89. The van der Waals surface area contributed by atoms with Crippen LogP contribution in [0.4, 0.5) is 4.39 Å². The Balaban J connectivity index is 1.34. The number of thiophene rings is 1. The number of fused-ring (bicyclic) bond motifs is 1. The van der Waals surface area contributed by atoms with Crippen molar-refractivity contribution in [3.05, 3.63) is 166 Å². The summed E-state index contributed by atoms with van der Waals surface area (Å²) in [7, 11) is 0. The first-order valence-electron chi connectivity index (χ1n) is 13.4. The van der Waals surface area contributed by atoms with Crippen LogP contribution in [0.1, 0.15) is 46.2 Å². The number of amides is 1. The molecule has 1 unspecified atom stereocenters. The Bertz CT molecular complexity index is 1650. The van der Waals surface area contributed by atoms with Gasteiger partial charge in [-0.05, 0) is 62.8 Å². The fourth-order valence-corrected chi connectivity index (χ4v) is 6.12. The molecule has 0 saturated heterocycles. The smallest absolute Gasteiger partial charge is 0.221 e. The van der Waals surface area contributed by atoms with E-state index in [4.69, 9.17) is 0 Å². The maximum atomic E-state index is 13.8. The summed E-state index contributed by atoms with van der Waals surface area (Å²) in [5, 5.41) is 8.65. The molecule has 5 heteroatoms. The van der Waals surface area contributed by atoms with Crippen molar-refractivity contribution in [1.29, 1.82) is 0 Å². The SMILES string of the molecule is O=C(CC(c1ccsc1)c1cn(Cc2ccc(F)cc2)c2ccccc12)NC(c1ccccc1)c1ccccc1. The molecule has 1 atom stereocenters. The van der Waals surface area contributed by atoms with Crippen molar-refractivity contribution in [3.63, 3.8) is 0 Å². The van der Waals surface area contributed by atoms with Gasteiger partial charge in [-0.1, -0.05) is 91.0 Å². The number of carbonyl (C=O) groups excluding carboxylic acids is 1. The third kappa shape index (κ3) is 5.61. The molecule has 0 spiro atoms. The van der Waals surface area contributed by atoms with Crippen LogP contribution in [0, 0.1) is 5.82 Å². The zero-order valence-corrected chi connectivity index (χ0v) is 22.7. The average molecular weight is 545 g/mol. The number of halogens is 1. The summed E-state index contributed by atoms with van der Waals surface area (Å²) in [6.07, 6.45) is 2.48. The van der Waals surface area contributed by atoms with E-state index in [-0.39, 0.29) is 23.7 Å². The van der Waals surface area contributed by atoms with E-state index >= 15 is 0 Å². The Morgan fingerprint density at radius 3 is 2.08 bits per heavy atom. The summed E-state index contributed by atoms with van der Waals surface area (Å²) in [5.74, 6) is -0.364. The Hall–Kier alpha value is -4.48. The Morgan fingerprint density at radius 2 is 1.43 bits per heavy atom. The average Bonchev–Trinajstić information content (AvgIpc) is 3.66. The fraction of sp³-hybridized carbons (Fsp3) is 0.114. The van der Waals surface area contributed by atoms with E-state index in [9.17, 15) is 9.18 Å². The van der Waals surface area contributed by atoms with Crippen LogP contribution in [0.15, 0.2) is 132 Å². The van der Waals surface area contributed by atoms with E-state index in [0.717, 1.165) is 38.7 Å². The molecular formula is C35H29FN2OS. The minimum absolute atomic E-state index is 0.00993. The predicted molar refractivity (Wildman–Crippen MR) is 161 cm³/mol. The molecule has 4 aromatic carbocycles. The number of nitrogens with one attached hydrogen (secondary N) is 1. The zero-order valence-electron chi connectivity index (χ0n) is 21.9. The summed E-state index contributed by atoms with van der Waals surface area (Å²) >= 11 is 1.64. The third-order valence-corrected chi connectivity index (χ3v) is 8.07. The van der Waals surface area contributed by atoms with Gasteiger partial charge in [-0.3, -0.25) is 4.79 Å². The van der Waals surface area contributed by atoms with Gasteiger partial charge in [-0.2, -0.15) is 11.3 Å². The van der Waals surface area contributed by atoms with Gasteiger partial charge in [0.2, 0.25) is 5.91 Å². The Labute approximate surface area is 237 Å². The van der Waals surface area contributed by atoms with Crippen LogP contribution >= 0.6 is 11.3 Å². The lowest BCUT2D eigenvalue weighted by Crippen LogP contribution is -2.30. The van der Waals surface area contributed by atoms with Gasteiger partial charge >= 0.3 is 0 Å². The Morgan fingerprint density at radius 1 is 0.775 bits per heavy atom. The molecule has 2 aromatic heterocycles. The maximum Gasteiger partial charge on any atom is 0.221 e. The summed E-state index contributed by atoms with van der Waals surface area (Å²) in [6.45, 7) is 0.618. The molecule has 0 saturated carbocycles. The summed E-state index contributed by atoms with van der Waals surface area (Å²) in [4.78, 5) is 13.8. The van der Waals surface area contributed by atoms with Gasteiger partial charge in [0.05, 0.1) is 6.04 Å². The van der Waals surface area contributed by atoms with E-state index in [1.54, 1.807) is 11.3 Å². The van der Waals surface area contributed by atoms with Crippen LogP contribution in [0.3, 0.4) is 0 Å². The summed E-state index contributed by atoms with van der Waals surface area (Å²) in [5.41, 5.74) is 6.44. The molecule has 0 aliphatic carbocycles. The van der Waals surface area contributed by atoms with Crippen molar-refractivity contribution < 1.29 is 9.18 Å². The van der Waals surface area contributed by atoms with Crippen LogP contribution in [0.5, 0.6) is 0 Å². The molecule has 3 nitrogen and oxygen atoms in total. The first kappa shape index (κ1) is 25.8. The largest absolute Gasteiger partial charge is 0.345 e. The van der Waals surface area contributed by atoms with Crippen LogP contribution in [0.25, 0.3) is 10.9 Å². The number of rotatable bonds is 9. The molecule has 0 bridgehead atoms. The summed E-state index contributed by atoms with van der Waals surface area (Å²) < 4.78 is 15.7. The number of nitrogens with zero attached hydrogens (tertiary/aromatic N) is 1. The molecule has 2 heterocycles. The number of hydrogen-bond acceptors (Lipinski definition) is 2. The van der Waals surface area contributed by atoms with Crippen LogP contribution in [-0.2, 0) is 11.3 Å². The van der Waals surface area contributed by atoms with Crippen LogP contribution < -0.4 is 5.32 Å². The van der Waals surface area contributed by atoms with Crippen LogP contribution in [-0.4, -0.2) is 10.5 Å². The molecule has 0 radical (unpaired) electrons. The number of aromatic nitrogens is 1. The van der Waals surface area contributed by atoms with E-state index < -0.39 is 0 Å². The monoisotopic (exact) mass is 544 g/mol. The van der Waals surface area contributed by atoms with Crippen molar-refractivity contribution in [2.45, 2.75) is 24.9 Å². The molecule has 0 aliphatic rings. The van der Waals surface area contributed by atoms with Crippen molar-refractivity contribution in [2.75, 3.05) is 0 Å². The van der Waals surface area contributed by atoms with Crippen molar-refractivity contribution in [1.82, 2.24) is 9.88 Å². The molecule has 198 valence electrons. The van der Waals surface area contributed by atoms with Gasteiger partial charge in [-0.15, -0.1) is 0 Å². The molecule has 40 heavy (non-hydrogen) atoms. The number of hydrogen-bond donors (Lipinski definition) is 1. The van der Waals surface area contributed by atoms with Gasteiger partial charge in [0.1, 0.15) is 5.82 Å². The number of benzene rings is 4. The zero-order chi connectivity index (χ0) is 27.3. The highest BCUT2D eigenvalue weighted by molar-refractivity contribution is 7.08. The number of para-hydroxylation sites is 1. The molecule has 1 amide bonds. The van der Waals surface area contributed by atoms with E-state index in [1.165, 1.54) is 12.1 Å². The molecule has 6 aromatic rings. The van der Waals surface area contributed by atoms with Crippen molar-refractivity contribution in [3.8, 4) is 0 Å². The van der Waals surface area contributed by atoms with E-state index in [2.05, 4.69) is 69.3 Å². The quantitative estimate of drug-likeness (QED) is 0.195. The molecule has 0 fully saturated rings. The second-order valence-electron chi connectivity index (χ2n) is 9.99. The highest BCUT2D eigenvalue weighted by Gasteiger charge is 2.25. The van der Waals surface area contributed by atoms with Gasteiger partial charge in [-0.25, -0.2) is 4.39 Å². The highest BCUT2D eigenvalue weighted by Crippen LogP contribution is 2.36. The van der Waals surface area contributed by atoms with Gasteiger partial charge < -0.3 is 9.88 Å².